The summed E-state index contributed by atoms with van der Waals surface area (Å²) in [6, 6.07) is -0.263. The van der Waals surface area contributed by atoms with Crippen LogP contribution in [0.25, 0.3) is 0 Å². The van der Waals surface area contributed by atoms with Gasteiger partial charge in [0.25, 0.3) is 0 Å². The number of hydrogen-bond acceptors (Lipinski definition) is 4. The summed E-state index contributed by atoms with van der Waals surface area (Å²) >= 11 is 0. The van der Waals surface area contributed by atoms with Gasteiger partial charge in [-0.15, -0.1) is 12.4 Å². The topological polar surface area (TPSA) is 80.5 Å². The smallest absolute Gasteiger partial charge is 0.222 e. The third-order valence-corrected chi connectivity index (χ3v) is 5.20. The lowest BCUT2D eigenvalue weighted by molar-refractivity contribution is -0.131. The minimum Gasteiger partial charge on any atom is -0.342 e. The zero-order valence-electron chi connectivity index (χ0n) is 12.8. The van der Waals surface area contributed by atoms with E-state index in [2.05, 4.69) is 0 Å². The number of halogens is 1. The number of nitrogens with zero attached hydrogens (tertiary/aromatic N) is 1. The van der Waals surface area contributed by atoms with Gasteiger partial charge in [0.1, 0.15) is 0 Å². The molecule has 5 nitrogen and oxygen atoms in total. The van der Waals surface area contributed by atoms with Crippen LogP contribution < -0.4 is 5.73 Å². The lowest BCUT2D eigenvalue weighted by Crippen LogP contribution is -2.39. The molecule has 0 aliphatic rings. The Bertz CT molecular complexity index is 361. The molecule has 1 unspecified atom stereocenters. The first kappa shape index (κ1) is 22.0. The van der Waals surface area contributed by atoms with Gasteiger partial charge in [0.15, 0.2) is 9.84 Å². The van der Waals surface area contributed by atoms with Crippen LogP contribution in [-0.4, -0.2) is 50.4 Å². The van der Waals surface area contributed by atoms with E-state index in [1.54, 1.807) is 25.8 Å². The predicted molar refractivity (Wildman–Crippen MR) is 85.9 cm³/mol. The first-order valence-electron chi connectivity index (χ1n) is 7.00. The lowest BCUT2D eigenvalue weighted by Gasteiger charge is -2.24. The highest BCUT2D eigenvalue weighted by Crippen LogP contribution is 2.08. The van der Waals surface area contributed by atoms with Crippen LogP contribution in [0.5, 0.6) is 0 Å². The van der Waals surface area contributed by atoms with Crippen LogP contribution in [0, 0.1) is 0 Å². The van der Waals surface area contributed by atoms with E-state index in [1.165, 1.54) is 0 Å². The van der Waals surface area contributed by atoms with Crippen LogP contribution >= 0.6 is 12.4 Å². The van der Waals surface area contributed by atoms with E-state index < -0.39 is 9.84 Å². The van der Waals surface area contributed by atoms with E-state index in [-0.39, 0.29) is 35.9 Å². The predicted octanol–water partition coefficient (Wildman–Crippen LogP) is 1.60. The Kier molecular flexibility index (Phi) is 12.5. The molecule has 0 saturated carbocycles. The largest absolute Gasteiger partial charge is 0.342 e. The minimum atomic E-state index is -3.04. The van der Waals surface area contributed by atoms with Crippen LogP contribution in [0.2, 0.25) is 0 Å². The summed E-state index contributed by atoms with van der Waals surface area (Å²) in [6.07, 6.45) is 4.37. The van der Waals surface area contributed by atoms with E-state index >= 15 is 0 Å². The molecule has 0 aromatic heterocycles. The minimum absolute atomic E-state index is 0. The molecule has 0 heterocycles. The van der Waals surface area contributed by atoms with Crippen molar-refractivity contribution in [1.82, 2.24) is 4.90 Å². The van der Waals surface area contributed by atoms with Crippen molar-refractivity contribution in [2.45, 2.75) is 52.0 Å². The normalized spacial score (nSPS) is 12.6. The standard InChI is InChI=1S/C13H28N2O3S.ClH/c1-4-19(17,18)11-12(2)15(3)13(16)9-7-5-6-8-10-14;/h12H,4-11,14H2,1-3H3;1H. The number of amides is 1. The monoisotopic (exact) mass is 328 g/mol. The molecule has 0 radical (unpaired) electrons. The highest BCUT2D eigenvalue weighted by atomic mass is 35.5. The van der Waals surface area contributed by atoms with Gasteiger partial charge in [-0.05, 0) is 26.3 Å². The van der Waals surface area contributed by atoms with Crippen molar-refractivity contribution in [3.63, 3.8) is 0 Å². The van der Waals surface area contributed by atoms with Crippen LogP contribution in [0.4, 0.5) is 0 Å². The Morgan fingerprint density at radius 1 is 1.20 bits per heavy atom. The van der Waals surface area contributed by atoms with Gasteiger partial charge in [0.05, 0.1) is 5.75 Å². The molecule has 122 valence electrons. The molecule has 0 aliphatic heterocycles. The summed E-state index contributed by atoms with van der Waals surface area (Å²) < 4.78 is 23.0. The summed E-state index contributed by atoms with van der Waals surface area (Å²) in [7, 11) is -1.36. The number of unbranched alkanes of at least 4 members (excludes halogenated alkanes) is 3. The van der Waals surface area contributed by atoms with E-state index in [1.807, 2.05) is 0 Å². The van der Waals surface area contributed by atoms with Crippen molar-refractivity contribution in [3.8, 4) is 0 Å². The Morgan fingerprint density at radius 2 is 1.75 bits per heavy atom. The molecule has 0 saturated heterocycles. The summed E-state index contributed by atoms with van der Waals surface area (Å²) in [6.45, 7) is 4.10. The SMILES string of the molecule is CCS(=O)(=O)CC(C)N(C)C(=O)CCCCCCN.Cl. The highest BCUT2D eigenvalue weighted by molar-refractivity contribution is 7.91. The Hall–Kier alpha value is -0.330. The molecule has 0 bridgehead atoms. The third kappa shape index (κ3) is 9.55. The first-order valence-corrected chi connectivity index (χ1v) is 8.82. The average molecular weight is 329 g/mol. The van der Waals surface area contributed by atoms with Crippen molar-refractivity contribution in [1.29, 1.82) is 0 Å². The van der Waals surface area contributed by atoms with E-state index in [4.69, 9.17) is 5.73 Å². The molecule has 0 rings (SSSR count). The summed E-state index contributed by atoms with van der Waals surface area (Å²) in [4.78, 5) is 13.4. The molecule has 2 N–H and O–H groups in total. The molecule has 1 amide bonds. The molecule has 0 fully saturated rings. The third-order valence-electron chi connectivity index (χ3n) is 3.33. The van der Waals surface area contributed by atoms with Crippen molar-refractivity contribution in [2.24, 2.45) is 5.73 Å². The lowest BCUT2D eigenvalue weighted by atomic mass is 10.1. The molecule has 1 atom stereocenters. The van der Waals surface area contributed by atoms with E-state index in [0.29, 0.717) is 13.0 Å². The van der Waals surface area contributed by atoms with Crippen molar-refractivity contribution in [2.75, 3.05) is 25.1 Å². The van der Waals surface area contributed by atoms with Gasteiger partial charge < -0.3 is 10.6 Å². The molecular weight excluding hydrogens is 300 g/mol. The van der Waals surface area contributed by atoms with Crippen molar-refractivity contribution < 1.29 is 13.2 Å². The second kappa shape index (κ2) is 11.3. The Balaban J connectivity index is 0. The fraction of sp³-hybridized carbons (Fsp3) is 0.923. The van der Waals surface area contributed by atoms with Crippen LogP contribution in [0.1, 0.15) is 46.0 Å². The fourth-order valence-electron chi connectivity index (χ4n) is 1.79. The summed E-state index contributed by atoms with van der Waals surface area (Å²) in [5.41, 5.74) is 5.40. The van der Waals surface area contributed by atoms with Gasteiger partial charge in [-0.25, -0.2) is 8.42 Å². The summed E-state index contributed by atoms with van der Waals surface area (Å²) in [5.74, 6) is 0.184. The number of carbonyl (C=O) groups is 1. The molecule has 0 spiro atoms. The molecule has 0 aromatic carbocycles. The van der Waals surface area contributed by atoms with E-state index in [9.17, 15) is 13.2 Å². The van der Waals surface area contributed by atoms with Gasteiger partial charge >= 0.3 is 0 Å². The zero-order chi connectivity index (χ0) is 14.9. The fourth-order valence-corrected chi connectivity index (χ4v) is 2.99. The molecule has 0 aliphatic carbocycles. The quantitative estimate of drug-likeness (QED) is 0.618. The van der Waals surface area contributed by atoms with Crippen LogP contribution in [0.3, 0.4) is 0 Å². The number of hydrogen-bond donors (Lipinski definition) is 1. The second-order valence-corrected chi connectivity index (χ2v) is 7.40. The van der Waals surface area contributed by atoms with Gasteiger partial charge in [0.2, 0.25) is 5.91 Å². The molecular formula is C13H29ClN2O3S. The highest BCUT2D eigenvalue weighted by Gasteiger charge is 2.20. The van der Waals surface area contributed by atoms with Gasteiger partial charge in [0, 0.05) is 25.3 Å². The molecule has 0 aromatic rings. The van der Waals surface area contributed by atoms with E-state index in [0.717, 1.165) is 25.7 Å². The average Bonchev–Trinajstić information content (AvgIpc) is 2.36. The number of nitrogens with two attached hydrogens (primary N) is 1. The van der Waals surface area contributed by atoms with Gasteiger partial charge in [-0.2, -0.15) is 0 Å². The first-order chi connectivity index (χ1) is 8.84. The number of sulfone groups is 1. The maximum Gasteiger partial charge on any atom is 0.222 e. The van der Waals surface area contributed by atoms with Gasteiger partial charge in [-0.1, -0.05) is 19.8 Å². The molecule has 7 heteroatoms. The van der Waals surface area contributed by atoms with Crippen LogP contribution in [-0.2, 0) is 14.6 Å². The number of carbonyl (C=O) groups excluding carboxylic acids is 1. The van der Waals surface area contributed by atoms with Gasteiger partial charge in [-0.3, -0.25) is 4.79 Å². The van der Waals surface area contributed by atoms with Crippen molar-refractivity contribution >= 4 is 28.2 Å². The zero-order valence-corrected chi connectivity index (χ0v) is 14.4. The maximum atomic E-state index is 11.9. The maximum absolute atomic E-state index is 11.9. The Labute approximate surface area is 129 Å². The summed E-state index contributed by atoms with van der Waals surface area (Å²) in [5, 5.41) is 0. The van der Waals surface area contributed by atoms with Crippen LogP contribution in [0.15, 0.2) is 0 Å². The second-order valence-electron chi connectivity index (χ2n) is 5.01. The number of rotatable bonds is 10. The Morgan fingerprint density at radius 3 is 2.25 bits per heavy atom. The van der Waals surface area contributed by atoms with Crippen molar-refractivity contribution in [3.05, 3.63) is 0 Å². The molecule has 20 heavy (non-hydrogen) atoms.